The fraction of sp³-hybridized carbons (Fsp3) is 0.800. The highest BCUT2D eigenvalue weighted by Crippen LogP contribution is 2.19. The van der Waals surface area contributed by atoms with Crippen LogP contribution in [0.2, 0.25) is 0 Å². The van der Waals surface area contributed by atoms with Crippen LogP contribution in [0.1, 0.15) is 26.7 Å². The molecule has 28 heavy (non-hydrogen) atoms. The number of rotatable bonds is 7. The first-order chi connectivity index (χ1) is 13.6. The molecule has 1 aromatic rings. The Morgan fingerprint density at radius 1 is 1.36 bits per heavy atom. The van der Waals surface area contributed by atoms with E-state index in [-0.39, 0.29) is 0 Å². The molecule has 2 unspecified atom stereocenters. The zero-order chi connectivity index (χ0) is 19.8. The summed E-state index contributed by atoms with van der Waals surface area (Å²) in [7, 11) is 1.97. The van der Waals surface area contributed by atoms with Crippen molar-refractivity contribution in [3.63, 3.8) is 0 Å². The van der Waals surface area contributed by atoms with Crippen molar-refractivity contribution in [1.82, 2.24) is 25.3 Å². The van der Waals surface area contributed by atoms with Gasteiger partial charge < -0.3 is 20.3 Å². The van der Waals surface area contributed by atoms with Gasteiger partial charge in [-0.05, 0) is 25.7 Å². The van der Waals surface area contributed by atoms with Crippen LogP contribution in [0.25, 0.3) is 0 Å². The number of hydrogen-bond donors (Lipinski definition) is 2. The summed E-state index contributed by atoms with van der Waals surface area (Å²) in [5.74, 6) is 1.47. The van der Waals surface area contributed by atoms with Gasteiger partial charge >= 0.3 is 0 Å². The molecule has 0 amide bonds. The Hall–Kier alpha value is -1.80. The summed E-state index contributed by atoms with van der Waals surface area (Å²) in [6.45, 7) is 13.1. The molecule has 0 aliphatic carbocycles. The summed E-state index contributed by atoms with van der Waals surface area (Å²) in [6, 6.07) is 0.404. The lowest BCUT2D eigenvalue weighted by atomic mass is 10.1. The van der Waals surface area contributed by atoms with Crippen molar-refractivity contribution in [2.24, 2.45) is 18.0 Å². The third kappa shape index (κ3) is 6.38. The molecule has 3 rings (SSSR count). The minimum absolute atomic E-state index is 0.404. The zero-order valence-electron chi connectivity index (χ0n) is 17.7. The molecule has 2 N–H and O–H groups in total. The van der Waals surface area contributed by atoms with Gasteiger partial charge in [0.25, 0.3) is 0 Å². The van der Waals surface area contributed by atoms with E-state index in [2.05, 4.69) is 45.6 Å². The van der Waals surface area contributed by atoms with Crippen LogP contribution in [0.5, 0.6) is 0 Å². The van der Waals surface area contributed by atoms with E-state index in [1.54, 1.807) is 0 Å². The van der Waals surface area contributed by atoms with Crippen molar-refractivity contribution >= 4 is 11.6 Å². The molecule has 0 saturated carbocycles. The monoisotopic (exact) mass is 391 g/mol. The van der Waals surface area contributed by atoms with Gasteiger partial charge in [0.15, 0.2) is 5.96 Å². The lowest BCUT2D eigenvalue weighted by Gasteiger charge is -2.34. The SMILES string of the molecule is CCNC(=NCC(C)CN1CCOCC1)NC1CCCN(c2cnn(C)c2)C1. The first-order valence-corrected chi connectivity index (χ1v) is 10.7. The van der Waals surface area contributed by atoms with E-state index >= 15 is 0 Å². The first-order valence-electron chi connectivity index (χ1n) is 10.7. The van der Waals surface area contributed by atoms with E-state index < -0.39 is 0 Å². The lowest BCUT2D eigenvalue weighted by Crippen LogP contribution is -2.51. The van der Waals surface area contributed by atoms with Gasteiger partial charge in [-0.1, -0.05) is 6.92 Å². The highest BCUT2D eigenvalue weighted by atomic mass is 16.5. The molecule has 0 spiro atoms. The molecule has 0 bridgehead atoms. The van der Waals surface area contributed by atoms with Crippen molar-refractivity contribution in [2.75, 3.05) is 63.9 Å². The van der Waals surface area contributed by atoms with Crippen LogP contribution >= 0.6 is 0 Å². The zero-order valence-corrected chi connectivity index (χ0v) is 17.7. The predicted octanol–water partition coefficient (Wildman–Crippen LogP) is 0.912. The number of aryl methyl sites for hydroxylation is 1. The molecule has 2 aliphatic rings. The summed E-state index contributed by atoms with van der Waals surface area (Å²) < 4.78 is 7.31. The Kier molecular flexibility index (Phi) is 7.97. The van der Waals surface area contributed by atoms with Gasteiger partial charge in [0, 0.05) is 65.1 Å². The van der Waals surface area contributed by atoms with Crippen LogP contribution < -0.4 is 15.5 Å². The number of aromatic nitrogens is 2. The van der Waals surface area contributed by atoms with E-state index in [0.717, 1.165) is 65.0 Å². The van der Waals surface area contributed by atoms with Gasteiger partial charge in [0.1, 0.15) is 0 Å². The van der Waals surface area contributed by atoms with Crippen molar-refractivity contribution in [3.05, 3.63) is 12.4 Å². The van der Waals surface area contributed by atoms with Crippen LogP contribution in [-0.4, -0.2) is 85.7 Å². The number of hydrogen-bond acceptors (Lipinski definition) is 5. The Bertz CT molecular complexity index is 611. The number of nitrogens with one attached hydrogen (secondary N) is 2. The normalized spacial score (nSPS) is 22.9. The van der Waals surface area contributed by atoms with Crippen molar-refractivity contribution in [2.45, 2.75) is 32.7 Å². The number of ether oxygens (including phenoxy) is 1. The second-order valence-corrected chi connectivity index (χ2v) is 8.04. The summed E-state index contributed by atoms with van der Waals surface area (Å²) >= 11 is 0. The summed E-state index contributed by atoms with van der Waals surface area (Å²) in [6.07, 6.45) is 6.40. The molecule has 0 aromatic carbocycles. The summed E-state index contributed by atoms with van der Waals surface area (Å²) in [5, 5.41) is 11.4. The van der Waals surface area contributed by atoms with E-state index in [9.17, 15) is 0 Å². The molecule has 3 heterocycles. The maximum absolute atomic E-state index is 5.44. The first kappa shape index (κ1) is 20.9. The average Bonchev–Trinajstić information content (AvgIpc) is 3.14. The van der Waals surface area contributed by atoms with Crippen LogP contribution in [0.3, 0.4) is 0 Å². The van der Waals surface area contributed by atoms with E-state index in [4.69, 9.17) is 9.73 Å². The lowest BCUT2D eigenvalue weighted by molar-refractivity contribution is 0.0323. The molecule has 8 heteroatoms. The van der Waals surface area contributed by atoms with E-state index in [1.165, 1.54) is 18.5 Å². The quantitative estimate of drug-likeness (QED) is 0.532. The second kappa shape index (κ2) is 10.7. The number of piperidine rings is 1. The van der Waals surface area contributed by atoms with E-state index in [1.807, 2.05) is 17.9 Å². The van der Waals surface area contributed by atoms with E-state index in [0.29, 0.717) is 12.0 Å². The Balaban J connectivity index is 1.50. The highest BCUT2D eigenvalue weighted by molar-refractivity contribution is 5.80. The number of anilines is 1. The largest absolute Gasteiger partial charge is 0.379 e. The van der Waals surface area contributed by atoms with Crippen molar-refractivity contribution < 1.29 is 4.74 Å². The van der Waals surface area contributed by atoms with Gasteiger partial charge in [-0.3, -0.25) is 14.6 Å². The van der Waals surface area contributed by atoms with Crippen molar-refractivity contribution in [1.29, 1.82) is 0 Å². The number of aliphatic imine (C=N–C) groups is 1. The standard InChI is InChI=1S/C20H37N7O/c1-4-21-20(22-12-17(2)14-26-8-10-28-11-9-26)24-18-6-5-7-27(15-18)19-13-23-25(3)16-19/h13,16-18H,4-12,14-15H2,1-3H3,(H2,21,22,24). The number of nitrogens with zero attached hydrogens (tertiary/aromatic N) is 5. The topological polar surface area (TPSA) is 70.0 Å². The molecule has 2 aliphatic heterocycles. The Morgan fingerprint density at radius 3 is 2.89 bits per heavy atom. The third-order valence-corrected chi connectivity index (χ3v) is 5.40. The molecule has 2 fully saturated rings. The Morgan fingerprint density at radius 2 is 2.18 bits per heavy atom. The van der Waals surface area contributed by atoms with Gasteiger partial charge in [-0.2, -0.15) is 5.10 Å². The number of morpholine rings is 1. The molecule has 8 nitrogen and oxygen atoms in total. The molecule has 2 atom stereocenters. The van der Waals surface area contributed by atoms with Crippen LogP contribution in [0.15, 0.2) is 17.4 Å². The molecule has 158 valence electrons. The number of guanidine groups is 1. The predicted molar refractivity (Wildman–Crippen MR) is 114 cm³/mol. The van der Waals surface area contributed by atoms with Crippen LogP contribution in [0, 0.1) is 5.92 Å². The second-order valence-electron chi connectivity index (χ2n) is 8.04. The van der Waals surface area contributed by atoms with Crippen molar-refractivity contribution in [3.8, 4) is 0 Å². The molecule has 1 aromatic heterocycles. The van der Waals surface area contributed by atoms with Gasteiger partial charge in [0.2, 0.25) is 0 Å². The maximum Gasteiger partial charge on any atom is 0.191 e. The maximum atomic E-state index is 5.44. The molecule has 0 radical (unpaired) electrons. The van der Waals surface area contributed by atoms with Gasteiger partial charge in [-0.25, -0.2) is 0 Å². The minimum Gasteiger partial charge on any atom is -0.379 e. The average molecular weight is 392 g/mol. The highest BCUT2D eigenvalue weighted by Gasteiger charge is 2.22. The van der Waals surface area contributed by atoms with Gasteiger partial charge in [0.05, 0.1) is 25.1 Å². The summed E-state index contributed by atoms with van der Waals surface area (Å²) in [4.78, 5) is 9.77. The van der Waals surface area contributed by atoms with Crippen LogP contribution in [0.4, 0.5) is 5.69 Å². The molecule has 2 saturated heterocycles. The molecular formula is C20H37N7O. The van der Waals surface area contributed by atoms with Gasteiger partial charge in [-0.15, -0.1) is 0 Å². The fourth-order valence-electron chi connectivity index (χ4n) is 3.94. The molecular weight excluding hydrogens is 354 g/mol. The third-order valence-electron chi connectivity index (χ3n) is 5.40. The fourth-order valence-corrected chi connectivity index (χ4v) is 3.94. The van der Waals surface area contributed by atoms with Crippen LogP contribution in [-0.2, 0) is 11.8 Å². The Labute approximate surface area is 169 Å². The minimum atomic E-state index is 0.404. The smallest absolute Gasteiger partial charge is 0.191 e. The summed E-state index contributed by atoms with van der Waals surface area (Å²) in [5.41, 5.74) is 1.20.